The molecule has 1 aliphatic carbocycles. The second kappa shape index (κ2) is 7.37. The summed E-state index contributed by atoms with van der Waals surface area (Å²) in [6.45, 7) is 8.07. The summed E-state index contributed by atoms with van der Waals surface area (Å²) in [7, 11) is 0. The number of carbonyl (C=O) groups is 2. The molecule has 0 spiro atoms. The quantitative estimate of drug-likeness (QED) is 0.727. The van der Waals surface area contributed by atoms with E-state index in [9.17, 15) is 14.0 Å². The van der Waals surface area contributed by atoms with Gasteiger partial charge in [0.25, 0.3) is 0 Å². The van der Waals surface area contributed by atoms with Crippen molar-refractivity contribution in [3.8, 4) is 0 Å². The van der Waals surface area contributed by atoms with Gasteiger partial charge in [-0.1, -0.05) is 32.9 Å². The lowest BCUT2D eigenvalue weighted by Crippen LogP contribution is -2.44. The van der Waals surface area contributed by atoms with Gasteiger partial charge in [-0.3, -0.25) is 9.79 Å². The minimum absolute atomic E-state index is 0.0799. The third kappa shape index (κ3) is 3.73. The minimum atomic E-state index is -0.488. The highest BCUT2D eigenvalue weighted by Crippen LogP contribution is 2.47. The Hall–Kier alpha value is -2.30. The van der Waals surface area contributed by atoms with E-state index >= 15 is 0 Å². The molecular formula is C22H26FNO3. The molecule has 1 fully saturated rings. The van der Waals surface area contributed by atoms with Gasteiger partial charge in [0.1, 0.15) is 11.6 Å². The number of nitrogens with zero attached hydrogens (tertiary/aromatic N) is 1. The number of ether oxygens (including phenoxy) is 1. The predicted molar refractivity (Wildman–Crippen MR) is 102 cm³/mol. The van der Waals surface area contributed by atoms with Crippen LogP contribution in [0.3, 0.4) is 0 Å². The zero-order chi connectivity index (χ0) is 19.8. The zero-order valence-electron chi connectivity index (χ0n) is 16.3. The molecule has 4 nitrogen and oxygen atoms in total. The van der Waals surface area contributed by atoms with Crippen LogP contribution in [0.1, 0.15) is 58.4 Å². The minimum Gasteiger partial charge on any atom is -0.463 e. The molecule has 27 heavy (non-hydrogen) atoms. The Balaban J connectivity index is 2.19. The van der Waals surface area contributed by atoms with Gasteiger partial charge in [-0.05, 0) is 42.9 Å². The molecule has 3 rings (SSSR count). The summed E-state index contributed by atoms with van der Waals surface area (Å²) in [5.74, 6) is -1.67. The number of allylic oxidation sites excluding steroid dienone is 1. The van der Waals surface area contributed by atoms with Crippen molar-refractivity contribution >= 4 is 17.5 Å². The van der Waals surface area contributed by atoms with E-state index in [0.717, 1.165) is 11.3 Å². The van der Waals surface area contributed by atoms with Gasteiger partial charge in [0.2, 0.25) is 0 Å². The van der Waals surface area contributed by atoms with Crippen molar-refractivity contribution in [1.82, 2.24) is 0 Å². The highest BCUT2D eigenvalue weighted by atomic mass is 19.1. The molecule has 0 aromatic heterocycles. The van der Waals surface area contributed by atoms with Crippen LogP contribution in [0.5, 0.6) is 0 Å². The van der Waals surface area contributed by atoms with E-state index in [1.54, 1.807) is 19.1 Å². The van der Waals surface area contributed by atoms with Crippen LogP contribution < -0.4 is 0 Å². The lowest BCUT2D eigenvalue weighted by molar-refractivity contribution is -0.139. The maximum Gasteiger partial charge on any atom is 0.336 e. The average Bonchev–Trinajstić information content (AvgIpc) is 2.59. The molecule has 1 aliphatic heterocycles. The maximum atomic E-state index is 13.5. The van der Waals surface area contributed by atoms with E-state index < -0.39 is 17.8 Å². The molecular weight excluding hydrogens is 345 g/mol. The zero-order valence-corrected chi connectivity index (χ0v) is 16.3. The summed E-state index contributed by atoms with van der Waals surface area (Å²) < 4.78 is 18.8. The molecule has 0 N–H and O–H groups in total. The fourth-order valence-corrected chi connectivity index (χ4v) is 4.25. The van der Waals surface area contributed by atoms with E-state index in [-0.39, 0.29) is 23.6 Å². The Bertz CT molecular complexity index is 820. The van der Waals surface area contributed by atoms with Crippen LogP contribution in [0.25, 0.3) is 0 Å². The van der Waals surface area contributed by atoms with Crippen LogP contribution in [0.4, 0.5) is 4.39 Å². The summed E-state index contributed by atoms with van der Waals surface area (Å²) in [6, 6.07) is 6.05. The number of rotatable bonds is 4. The fraction of sp³-hybridized carbons (Fsp3) is 0.500. The highest BCUT2D eigenvalue weighted by Gasteiger charge is 2.47. The molecule has 0 amide bonds. The van der Waals surface area contributed by atoms with Crippen molar-refractivity contribution < 1.29 is 18.7 Å². The predicted octanol–water partition coefficient (Wildman–Crippen LogP) is 4.60. The normalized spacial score (nSPS) is 24.3. The van der Waals surface area contributed by atoms with Crippen molar-refractivity contribution in [2.45, 2.75) is 52.9 Å². The van der Waals surface area contributed by atoms with Crippen molar-refractivity contribution in [2.24, 2.45) is 16.3 Å². The number of fused-ring (bicyclic) bond motifs is 1. The van der Waals surface area contributed by atoms with Crippen LogP contribution >= 0.6 is 0 Å². The van der Waals surface area contributed by atoms with Crippen molar-refractivity contribution in [3.05, 3.63) is 46.9 Å². The van der Waals surface area contributed by atoms with Crippen LogP contribution in [-0.4, -0.2) is 24.1 Å². The Morgan fingerprint density at radius 2 is 1.85 bits per heavy atom. The van der Waals surface area contributed by atoms with E-state index in [0.29, 0.717) is 30.5 Å². The molecule has 1 saturated carbocycles. The third-order valence-electron chi connectivity index (χ3n) is 5.31. The summed E-state index contributed by atoms with van der Waals surface area (Å²) in [5, 5.41) is 0. The number of halogens is 1. The van der Waals surface area contributed by atoms with E-state index in [4.69, 9.17) is 9.73 Å². The molecule has 144 valence electrons. The number of benzene rings is 1. The van der Waals surface area contributed by atoms with Gasteiger partial charge in [-0.25, -0.2) is 9.18 Å². The number of hydrogen-bond donors (Lipinski definition) is 0. The van der Waals surface area contributed by atoms with Crippen molar-refractivity contribution in [2.75, 3.05) is 6.61 Å². The second-order valence-electron chi connectivity index (χ2n) is 8.03. The topological polar surface area (TPSA) is 55.7 Å². The molecule has 2 aliphatic rings. The molecule has 1 heterocycles. The van der Waals surface area contributed by atoms with Crippen molar-refractivity contribution in [3.63, 3.8) is 0 Å². The van der Waals surface area contributed by atoms with Gasteiger partial charge in [-0.15, -0.1) is 0 Å². The number of carbonyl (C=O) groups excluding carboxylic acids is 2. The van der Waals surface area contributed by atoms with E-state index in [1.165, 1.54) is 12.1 Å². The molecule has 0 bridgehead atoms. The summed E-state index contributed by atoms with van der Waals surface area (Å²) in [5.41, 5.74) is 2.53. The van der Waals surface area contributed by atoms with Crippen molar-refractivity contribution in [1.29, 1.82) is 0 Å². The number of esters is 1. The first-order valence-electron chi connectivity index (χ1n) is 9.53. The molecule has 0 radical (unpaired) electrons. The molecule has 1 aromatic carbocycles. The average molecular weight is 371 g/mol. The van der Waals surface area contributed by atoms with E-state index in [2.05, 4.69) is 13.8 Å². The summed E-state index contributed by atoms with van der Waals surface area (Å²) >= 11 is 0. The van der Waals surface area contributed by atoms with Gasteiger partial charge in [0.05, 0.1) is 23.8 Å². The van der Waals surface area contributed by atoms with Gasteiger partial charge in [0, 0.05) is 18.1 Å². The van der Waals surface area contributed by atoms with Gasteiger partial charge in [0.15, 0.2) is 0 Å². The Morgan fingerprint density at radius 1 is 1.19 bits per heavy atom. The molecule has 2 unspecified atom stereocenters. The van der Waals surface area contributed by atoms with Gasteiger partial charge < -0.3 is 4.74 Å². The largest absolute Gasteiger partial charge is 0.463 e. The lowest BCUT2D eigenvalue weighted by Gasteiger charge is -2.41. The Kier molecular flexibility index (Phi) is 5.31. The highest BCUT2D eigenvalue weighted by molar-refractivity contribution is 6.12. The number of aliphatic imine (C=N–C) groups is 1. The van der Waals surface area contributed by atoms with Crippen LogP contribution in [0.2, 0.25) is 0 Å². The first-order valence-corrected chi connectivity index (χ1v) is 9.53. The molecule has 5 heteroatoms. The first-order chi connectivity index (χ1) is 12.8. The van der Waals surface area contributed by atoms with E-state index in [1.807, 2.05) is 6.92 Å². The molecule has 0 saturated heterocycles. The maximum absolute atomic E-state index is 13.5. The lowest BCUT2D eigenvalue weighted by atomic mass is 9.63. The summed E-state index contributed by atoms with van der Waals surface area (Å²) in [4.78, 5) is 30.6. The SMILES string of the molecule is CCOC(=O)C1=C(CC)N=C2CC(C)(C)CC(=O)C2C1c1ccc(F)cc1. The van der Waals surface area contributed by atoms with Crippen LogP contribution in [-0.2, 0) is 14.3 Å². The Morgan fingerprint density at radius 3 is 2.44 bits per heavy atom. The standard InChI is InChI=1S/C22H26FNO3/c1-5-15-20(21(26)27-6-2)18(13-7-9-14(23)10-8-13)19-16(24-15)11-22(3,4)12-17(19)25/h7-10,18-19H,5-6,11-12H2,1-4H3. The number of ketones is 1. The van der Waals surface area contributed by atoms with Crippen LogP contribution in [0.15, 0.2) is 40.5 Å². The Labute approximate surface area is 159 Å². The smallest absolute Gasteiger partial charge is 0.336 e. The van der Waals surface area contributed by atoms with Gasteiger partial charge >= 0.3 is 5.97 Å². The molecule has 1 aromatic rings. The number of Topliss-reactive ketones (excluding diaryl/α,β-unsaturated/α-hetero) is 1. The number of hydrogen-bond acceptors (Lipinski definition) is 4. The fourth-order valence-electron chi connectivity index (χ4n) is 4.25. The monoisotopic (exact) mass is 371 g/mol. The first kappa shape index (κ1) is 19.5. The van der Waals surface area contributed by atoms with Gasteiger partial charge in [-0.2, -0.15) is 0 Å². The van der Waals surface area contributed by atoms with Crippen LogP contribution in [0, 0.1) is 17.2 Å². The third-order valence-corrected chi connectivity index (χ3v) is 5.31. The molecule has 2 atom stereocenters. The second-order valence-corrected chi connectivity index (χ2v) is 8.03. The summed E-state index contributed by atoms with van der Waals surface area (Å²) in [6.07, 6.45) is 1.71.